The van der Waals surface area contributed by atoms with Crippen molar-refractivity contribution in [3.8, 4) is 0 Å². The average Bonchev–Trinajstić information content (AvgIpc) is 2.16. The van der Waals surface area contributed by atoms with E-state index in [1.165, 1.54) is 0 Å². The van der Waals surface area contributed by atoms with Gasteiger partial charge >= 0.3 is 0 Å². The smallest absolute Gasteiger partial charge is 0.0454 e. The Labute approximate surface area is 80.1 Å². The lowest BCUT2D eigenvalue weighted by atomic mass is 10.5. The molecule has 0 saturated carbocycles. The van der Waals surface area contributed by atoms with Crippen LogP contribution < -0.4 is 21.8 Å². The summed E-state index contributed by atoms with van der Waals surface area (Å²) in [6.45, 7) is 7.21. The van der Waals surface area contributed by atoms with Gasteiger partial charge < -0.3 is 21.8 Å². The third-order valence-electron chi connectivity index (χ3n) is 1.43. The maximum Gasteiger partial charge on any atom is 0.0454 e. The van der Waals surface area contributed by atoms with Gasteiger partial charge in [-0.1, -0.05) is 0 Å². The molecular weight excluding hydrogens is 166 g/mol. The second-order valence-corrected chi connectivity index (χ2v) is 2.58. The fourth-order valence-electron chi connectivity index (χ4n) is 0.829. The van der Waals surface area contributed by atoms with Crippen molar-refractivity contribution in [1.82, 2.24) is 16.1 Å². The first-order valence-corrected chi connectivity index (χ1v) is 4.74. The highest BCUT2D eigenvalue weighted by Gasteiger charge is 1.85. The number of rotatable bonds is 9. The van der Waals surface area contributed by atoms with Crippen molar-refractivity contribution in [2.45, 2.75) is 6.92 Å². The Balaban J connectivity index is 2.83. The third-order valence-corrected chi connectivity index (χ3v) is 1.43. The van der Waals surface area contributed by atoms with Gasteiger partial charge in [-0.2, -0.15) is 5.10 Å². The van der Waals surface area contributed by atoms with Gasteiger partial charge in [0.05, 0.1) is 0 Å². The van der Waals surface area contributed by atoms with Crippen molar-refractivity contribution >= 4 is 6.21 Å². The minimum Gasteiger partial charge on any atom is -0.329 e. The molecule has 5 heteroatoms. The Hall–Kier alpha value is -0.650. The summed E-state index contributed by atoms with van der Waals surface area (Å²) < 4.78 is 0. The number of nitrogens with one attached hydrogen (secondary N) is 3. The van der Waals surface area contributed by atoms with Crippen molar-refractivity contribution in [1.29, 1.82) is 0 Å². The molecule has 0 amide bonds. The molecule has 0 heterocycles. The number of hydrogen-bond donors (Lipinski definition) is 4. The minimum absolute atomic E-state index is 0.701. The van der Waals surface area contributed by atoms with E-state index in [1.54, 1.807) is 6.21 Å². The molecule has 0 fully saturated rings. The Morgan fingerprint density at radius 3 is 2.31 bits per heavy atom. The first-order valence-electron chi connectivity index (χ1n) is 4.74. The van der Waals surface area contributed by atoms with Gasteiger partial charge in [0.1, 0.15) is 0 Å². The standard InChI is InChI=1S/C8H21N5/c1-2-12-13-8-7-11-6-5-10-4-3-9/h2,10-11,13H,3-9H2,1H3. The predicted molar refractivity (Wildman–Crippen MR) is 57.0 cm³/mol. The highest BCUT2D eigenvalue weighted by Crippen LogP contribution is 1.61. The molecular formula is C8H21N5. The van der Waals surface area contributed by atoms with Crippen molar-refractivity contribution in [3.63, 3.8) is 0 Å². The Bertz CT molecular complexity index is 115. The molecule has 13 heavy (non-hydrogen) atoms. The summed E-state index contributed by atoms with van der Waals surface area (Å²) >= 11 is 0. The Morgan fingerprint density at radius 2 is 1.69 bits per heavy atom. The van der Waals surface area contributed by atoms with Crippen LogP contribution in [0, 0.1) is 0 Å². The van der Waals surface area contributed by atoms with E-state index in [-0.39, 0.29) is 0 Å². The van der Waals surface area contributed by atoms with Crippen LogP contribution in [0.4, 0.5) is 0 Å². The zero-order chi connectivity index (χ0) is 9.78. The largest absolute Gasteiger partial charge is 0.329 e. The zero-order valence-corrected chi connectivity index (χ0v) is 8.34. The lowest BCUT2D eigenvalue weighted by Crippen LogP contribution is -2.33. The van der Waals surface area contributed by atoms with Gasteiger partial charge in [-0.05, 0) is 6.92 Å². The summed E-state index contributed by atoms with van der Waals surface area (Å²) in [5, 5.41) is 10.3. The molecule has 0 aliphatic rings. The maximum absolute atomic E-state index is 5.32. The van der Waals surface area contributed by atoms with E-state index in [1.807, 2.05) is 6.92 Å². The van der Waals surface area contributed by atoms with E-state index in [9.17, 15) is 0 Å². The highest BCUT2D eigenvalue weighted by molar-refractivity contribution is 5.52. The van der Waals surface area contributed by atoms with Gasteiger partial charge in [-0.15, -0.1) is 0 Å². The molecule has 0 saturated heterocycles. The molecule has 0 atom stereocenters. The summed E-state index contributed by atoms with van der Waals surface area (Å²) in [6, 6.07) is 0. The van der Waals surface area contributed by atoms with Gasteiger partial charge in [0, 0.05) is 45.5 Å². The maximum atomic E-state index is 5.32. The van der Waals surface area contributed by atoms with Crippen molar-refractivity contribution in [3.05, 3.63) is 0 Å². The Kier molecular flexibility index (Phi) is 10.8. The van der Waals surface area contributed by atoms with E-state index in [4.69, 9.17) is 5.73 Å². The van der Waals surface area contributed by atoms with Crippen molar-refractivity contribution in [2.24, 2.45) is 10.8 Å². The summed E-state index contributed by atoms with van der Waals surface area (Å²) in [5.74, 6) is 0. The van der Waals surface area contributed by atoms with Gasteiger partial charge in [0.2, 0.25) is 0 Å². The Morgan fingerprint density at radius 1 is 1.08 bits per heavy atom. The lowest BCUT2D eigenvalue weighted by Gasteiger charge is -2.05. The molecule has 0 spiro atoms. The average molecular weight is 187 g/mol. The fourth-order valence-corrected chi connectivity index (χ4v) is 0.829. The molecule has 0 unspecified atom stereocenters. The molecule has 0 rings (SSSR count). The van der Waals surface area contributed by atoms with E-state index in [0.29, 0.717) is 6.54 Å². The van der Waals surface area contributed by atoms with Crippen LogP contribution in [0.5, 0.6) is 0 Å². The lowest BCUT2D eigenvalue weighted by molar-refractivity contribution is 0.593. The van der Waals surface area contributed by atoms with Gasteiger partial charge in [0.25, 0.3) is 0 Å². The van der Waals surface area contributed by atoms with Crippen molar-refractivity contribution in [2.75, 3.05) is 39.3 Å². The molecule has 0 aliphatic carbocycles. The quantitative estimate of drug-likeness (QED) is 0.206. The van der Waals surface area contributed by atoms with Gasteiger partial charge in [-0.25, -0.2) is 0 Å². The van der Waals surface area contributed by atoms with Crippen LogP contribution in [0.3, 0.4) is 0 Å². The molecule has 0 aliphatic heterocycles. The minimum atomic E-state index is 0.701. The molecule has 78 valence electrons. The highest BCUT2D eigenvalue weighted by atomic mass is 15.3. The molecule has 0 bridgehead atoms. The number of nitrogens with two attached hydrogens (primary N) is 1. The van der Waals surface area contributed by atoms with Crippen LogP contribution in [0.15, 0.2) is 5.10 Å². The van der Waals surface area contributed by atoms with Crippen LogP contribution in [0.25, 0.3) is 0 Å². The monoisotopic (exact) mass is 187 g/mol. The van der Waals surface area contributed by atoms with E-state index in [2.05, 4.69) is 21.2 Å². The molecule has 0 aromatic carbocycles. The van der Waals surface area contributed by atoms with Crippen LogP contribution in [-0.2, 0) is 0 Å². The zero-order valence-electron chi connectivity index (χ0n) is 8.34. The van der Waals surface area contributed by atoms with E-state index < -0.39 is 0 Å². The fraction of sp³-hybridized carbons (Fsp3) is 0.875. The van der Waals surface area contributed by atoms with Crippen LogP contribution in [0.1, 0.15) is 6.92 Å². The molecule has 5 nitrogen and oxygen atoms in total. The van der Waals surface area contributed by atoms with Crippen LogP contribution in [-0.4, -0.2) is 45.5 Å². The molecule has 0 aromatic rings. The van der Waals surface area contributed by atoms with Crippen molar-refractivity contribution < 1.29 is 0 Å². The molecule has 0 radical (unpaired) electrons. The summed E-state index contributed by atoms with van der Waals surface area (Å²) in [5.41, 5.74) is 8.22. The SMILES string of the molecule is CC=NNCCNCCNCCN. The van der Waals surface area contributed by atoms with E-state index in [0.717, 1.165) is 32.7 Å². The summed E-state index contributed by atoms with van der Waals surface area (Å²) in [6.07, 6.45) is 1.74. The molecule has 5 N–H and O–H groups in total. The normalized spacial score (nSPS) is 10.9. The predicted octanol–water partition coefficient (Wildman–Crippen LogP) is -1.28. The van der Waals surface area contributed by atoms with Gasteiger partial charge in [-0.3, -0.25) is 0 Å². The second-order valence-electron chi connectivity index (χ2n) is 2.58. The van der Waals surface area contributed by atoms with E-state index >= 15 is 0 Å². The number of hydrazone groups is 1. The van der Waals surface area contributed by atoms with Crippen LogP contribution >= 0.6 is 0 Å². The number of hydrogen-bond acceptors (Lipinski definition) is 5. The number of nitrogens with zero attached hydrogens (tertiary/aromatic N) is 1. The molecule has 0 aromatic heterocycles. The summed E-state index contributed by atoms with van der Waals surface area (Å²) in [7, 11) is 0. The summed E-state index contributed by atoms with van der Waals surface area (Å²) in [4.78, 5) is 0. The van der Waals surface area contributed by atoms with Crippen LogP contribution in [0.2, 0.25) is 0 Å². The third kappa shape index (κ3) is 11.3. The first kappa shape index (κ1) is 12.3. The topological polar surface area (TPSA) is 74.5 Å². The van der Waals surface area contributed by atoms with Gasteiger partial charge in [0.15, 0.2) is 0 Å². The second kappa shape index (κ2) is 11.4. The first-order chi connectivity index (χ1) is 6.41.